The number of benzene rings is 2. The van der Waals surface area contributed by atoms with E-state index in [4.69, 9.17) is 19.2 Å². The van der Waals surface area contributed by atoms with Gasteiger partial charge in [0.05, 0.1) is 44.6 Å². The van der Waals surface area contributed by atoms with Crippen LogP contribution in [0.5, 0.6) is 11.6 Å². The predicted molar refractivity (Wildman–Crippen MR) is 132 cm³/mol. The fourth-order valence-electron chi connectivity index (χ4n) is 5.20. The molecule has 10 nitrogen and oxygen atoms in total. The van der Waals surface area contributed by atoms with E-state index in [2.05, 4.69) is 0 Å². The van der Waals surface area contributed by atoms with Crippen LogP contribution in [0.15, 0.2) is 48.5 Å². The van der Waals surface area contributed by atoms with Crippen LogP contribution in [-0.2, 0) is 16.1 Å². The average Bonchev–Trinajstić information content (AvgIpc) is 2.90. The van der Waals surface area contributed by atoms with Gasteiger partial charge in [0.1, 0.15) is 23.6 Å². The number of hydrogen-bond acceptors (Lipinski definition) is 7. The van der Waals surface area contributed by atoms with Gasteiger partial charge in [0, 0.05) is 18.5 Å². The molecule has 0 aliphatic carbocycles. The largest absolute Gasteiger partial charge is 0.497 e. The van der Waals surface area contributed by atoms with E-state index in [0.29, 0.717) is 37.8 Å². The van der Waals surface area contributed by atoms with Gasteiger partial charge in [-0.2, -0.15) is 0 Å². The Balaban J connectivity index is 1.30. The molecule has 2 atom stereocenters. The third-order valence-electron chi connectivity index (χ3n) is 6.96. The van der Waals surface area contributed by atoms with E-state index in [9.17, 15) is 14.7 Å². The molecule has 0 saturated carbocycles. The van der Waals surface area contributed by atoms with Crippen LogP contribution in [0, 0.1) is 0 Å². The van der Waals surface area contributed by atoms with Gasteiger partial charge in [-0.05, 0) is 23.8 Å². The number of aromatic nitrogens is 1. The summed E-state index contributed by atoms with van der Waals surface area (Å²) in [5.74, 6) is 1.04. The van der Waals surface area contributed by atoms with Crippen molar-refractivity contribution in [2.24, 2.45) is 0 Å². The predicted octanol–water partition coefficient (Wildman–Crippen LogP) is 2.74. The van der Waals surface area contributed by atoms with Gasteiger partial charge >= 0.3 is 6.09 Å². The van der Waals surface area contributed by atoms with Crippen molar-refractivity contribution in [3.8, 4) is 11.6 Å². The highest BCUT2D eigenvalue weighted by Gasteiger charge is 2.47. The number of rotatable bonds is 5. The van der Waals surface area contributed by atoms with E-state index in [1.807, 2.05) is 53.4 Å². The minimum atomic E-state index is -1.01. The van der Waals surface area contributed by atoms with Crippen molar-refractivity contribution < 1.29 is 28.9 Å². The van der Waals surface area contributed by atoms with Gasteiger partial charge in [0.25, 0.3) is 5.91 Å². The zero-order valence-corrected chi connectivity index (χ0v) is 19.8. The van der Waals surface area contributed by atoms with Crippen molar-refractivity contribution in [3.63, 3.8) is 0 Å². The lowest BCUT2D eigenvalue weighted by Gasteiger charge is -2.49. The molecule has 2 unspecified atom stereocenters. The minimum Gasteiger partial charge on any atom is -0.497 e. The van der Waals surface area contributed by atoms with Crippen molar-refractivity contribution in [2.45, 2.75) is 18.8 Å². The number of piperazine rings is 1. The van der Waals surface area contributed by atoms with Crippen LogP contribution in [0.1, 0.15) is 5.56 Å². The highest BCUT2D eigenvalue weighted by Crippen LogP contribution is 2.49. The Bertz CT molecular complexity index is 1330. The van der Waals surface area contributed by atoms with Crippen LogP contribution in [-0.4, -0.2) is 79.0 Å². The van der Waals surface area contributed by atoms with E-state index in [1.165, 1.54) is 4.90 Å². The van der Waals surface area contributed by atoms with E-state index < -0.39 is 18.2 Å². The summed E-state index contributed by atoms with van der Waals surface area (Å²) in [4.78, 5) is 35.1. The molecule has 3 aromatic rings. The zero-order chi connectivity index (χ0) is 24.8. The van der Waals surface area contributed by atoms with E-state index >= 15 is 0 Å². The smallest absolute Gasteiger partial charge is 0.407 e. The van der Waals surface area contributed by atoms with Gasteiger partial charge in [-0.3, -0.25) is 4.79 Å². The van der Waals surface area contributed by atoms with Crippen LogP contribution in [0.2, 0.25) is 0 Å². The molecule has 0 radical (unpaired) electrons. The number of carbonyl (C=O) groups excluding carboxylic acids is 1. The molecule has 1 aromatic heterocycles. The fourth-order valence-corrected chi connectivity index (χ4v) is 5.20. The number of carbonyl (C=O) groups is 2. The number of hydrogen-bond donors (Lipinski definition) is 1. The second-order valence-corrected chi connectivity index (χ2v) is 9.12. The Morgan fingerprint density at radius 3 is 2.69 bits per heavy atom. The molecule has 186 valence electrons. The average molecular weight is 491 g/mol. The number of amides is 2. The molecule has 1 saturated heterocycles. The highest BCUT2D eigenvalue weighted by atomic mass is 16.5. The Morgan fingerprint density at radius 1 is 1.11 bits per heavy atom. The first-order valence-electron chi connectivity index (χ1n) is 11.9. The molecular formula is C26H26N4O6. The number of ether oxygens (including phenoxy) is 3. The molecule has 2 aromatic carbocycles. The molecule has 0 spiro atoms. The monoisotopic (exact) mass is 490 g/mol. The summed E-state index contributed by atoms with van der Waals surface area (Å²) >= 11 is 0. The molecule has 10 heteroatoms. The summed E-state index contributed by atoms with van der Waals surface area (Å²) in [6.45, 7) is 1.84. The quantitative estimate of drug-likeness (QED) is 0.582. The Morgan fingerprint density at radius 2 is 1.92 bits per heavy atom. The van der Waals surface area contributed by atoms with Gasteiger partial charge < -0.3 is 34.0 Å². The Kier molecular flexibility index (Phi) is 5.52. The number of methoxy groups -OCH3 is 1. The lowest BCUT2D eigenvalue weighted by atomic mass is 9.99. The zero-order valence-electron chi connectivity index (χ0n) is 19.8. The number of nitrogens with zero attached hydrogens (tertiary/aromatic N) is 4. The van der Waals surface area contributed by atoms with Crippen molar-refractivity contribution in [2.75, 3.05) is 49.7 Å². The summed E-state index contributed by atoms with van der Waals surface area (Å²) < 4.78 is 17.4. The van der Waals surface area contributed by atoms with Crippen molar-refractivity contribution in [1.29, 1.82) is 0 Å². The molecular weight excluding hydrogens is 464 g/mol. The van der Waals surface area contributed by atoms with Crippen LogP contribution < -0.4 is 19.3 Å². The van der Waals surface area contributed by atoms with Gasteiger partial charge in [0.15, 0.2) is 0 Å². The highest BCUT2D eigenvalue weighted by molar-refractivity contribution is 6.13. The van der Waals surface area contributed by atoms with Crippen LogP contribution in [0.4, 0.5) is 16.2 Å². The Labute approximate surface area is 207 Å². The second kappa shape index (κ2) is 8.87. The lowest BCUT2D eigenvalue weighted by molar-refractivity contribution is -0.121. The topological polar surface area (TPSA) is 105 Å². The molecule has 0 bridgehead atoms. The number of pyridine rings is 1. The van der Waals surface area contributed by atoms with Gasteiger partial charge in [-0.25, -0.2) is 9.78 Å². The normalized spacial score (nSPS) is 20.6. The molecule has 4 heterocycles. The van der Waals surface area contributed by atoms with Crippen molar-refractivity contribution in [3.05, 3.63) is 54.1 Å². The minimum absolute atomic E-state index is 0.121. The molecule has 36 heavy (non-hydrogen) atoms. The summed E-state index contributed by atoms with van der Waals surface area (Å²) in [6.07, 6.45) is -1.42. The van der Waals surface area contributed by atoms with E-state index in [-0.39, 0.29) is 19.1 Å². The molecule has 3 aliphatic heterocycles. The van der Waals surface area contributed by atoms with E-state index in [0.717, 1.165) is 27.9 Å². The summed E-state index contributed by atoms with van der Waals surface area (Å²) in [5.41, 5.74) is 3.30. The molecule has 3 aliphatic rings. The van der Waals surface area contributed by atoms with Crippen molar-refractivity contribution in [1.82, 2.24) is 9.88 Å². The third-order valence-corrected chi connectivity index (χ3v) is 6.96. The van der Waals surface area contributed by atoms with Crippen LogP contribution in [0.25, 0.3) is 10.9 Å². The maximum absolute atomic E-state index is 13.7. The second-order valence-electron chi connectivity index (χ2n) is 9.12. The summed E-state index contributed by atoms with van der Waals surface area (Å²) in [5, 5.41) is 10.5. The standard InChI is InChI=1S/C26H26N4O6/c1-34-17-8-6-16(7-9-17)14-35-15-18-12-30-23-22(19-4-2-3-5-20(19)27-24(23)36-18)29-11-10-28(26(32)33)13-21(29)25(30)31/h2-9,18,21H,10-15H2,1H3,(H,32,33). The maximum Gasteiger partial charge on any atom is 0.407 e. The molecule has 2 amide bonds. The Hall–Kier alpha value is -4.05. The van der Waals surface area contributed by atoms with Crippen LogP contribution in [0.3, 0.4) is 0 Å². The SMILES string of the molecule is COc1ccc(COCC2CN3C(=O)C4CN(C(=O)O)CCN4c4c3c(nc3ccccc43)O2)cc1. The summed E-state index contributed by atoms with van der Waals surface area (Å²) in [6, 6.07) is 14.8. The van der Waals surface area contributed by atoms with E-state index in [1.54, 1.807) is 12.0 Å². The van der Waals surface area contributed by atoms with Gasteiger partial charge in [-0.1, -0.05) is 30.3 Å². The first-order valence-corrected chi connectivity index (χ1v) is 11.9. The first kappa shape index (κ1) is 22.4. The third kappa shape index (κ3) is 3.74. The molecule has 1 fully saturated rings. The number of para-hydroxylation sites is 1. The maximum atomic E-state index is 13.7. The lowest BCUT2D eigenvalue weighted by Crippen LogP contribution is -2.65. The van der Waals surface area contributed by atoms with Crippen LogP contribution >= 0.6 is 0 Å². The summed E-state index contributed by atoms with van der Waals surface area (Å²) in [7, 11) is 1.63. The first-order chi connectivity index (χ1) is 17.5. The molecule has 1 N–H and O–H groups in total. The number of fused-ring (bicyclic) bond motifs is 4. The van der Waals surface area contributed by atoms with Gasteiger partial charge in [0.2, 0.25) is 5.88 Å². The van der Waals surface area contributed by atoms with Crippen molar-refractivity contribution >= 4 is 34.3 Å². The molecule has 6 rings (SSSR count). The number of anilines is 2. The number of carboxylic acid groups (broad SMARTS) is 1. The van der Waals surface area contributed by atoms with Gasteiger partial charge in [-0.15, -0.1) is 0 Å². The fraction of sp³-hybridized carbons (Fsp3) is 0.346.